The zero-order chi connectivity index (χ0) is 18.0. The standard InChI is InChI=1S/C18H28N2O3S/c1-5-20(14-10-11-24(22,23)13-14)12-17(21)19-16-9-7-6-8-15(16)18(2,3)4/h6-9,14H,5,10-13H2,1-4H3,(H,19,21). The Hall–Kier alpha value is -1.40. The SMILES string of the molecule is CCN(CC(=O)Nc1ccccc1C(C)(C)C)C1CCS(=O)(=O)C1. The predicted octanol–water partition coefficient (Wildman–Crippen LogP) is 2.43. The fraction of sp³-hybridized carbons (Fsp3) is 0.611. The van der Waals surface area contributed by atoms with E-state index in [4.69, 9.17) is 0 Å². The van der Waals surface area contributed by atoms with Crippen LogP contribution in [0.25, 0.3) is 0 Å². The van der Waals surface area contributed by atoms with Gasteiger partial charge in [-0.3, -0.25) is 9.69 Å². The summed E-state index contributed by atoms with van der Waals surface area (Å²) in [6, 6.07) is 7.76. The molecule has 1 aliphatic rings. The lowest BCUT2D eigenvalue weighted by atomic mass is 9.86. The highest BCUT2D eigenvalue weighted by Crippen LogP contribution is 2.29. The molecule has 0 aliphatic carbocycles. The second-order valence-electron chi connectivity index (χ2n) is 7.46. The van der Waals surface area contributed by atoms with Crippen LogP contribution in [0.4, 0.5) is 5.69 Å². The van der Waals surface area contributed by atoms with Gasteiger partial charge < -0.3 is 5.32 Å². The molecule has 24 heavy (non-hydrogen) atoms. The van der Waals surface area contributed by atoms with Crippen LogP contribution >= 0.6 is 0 Å². The smallest absolute Gasteiger partial charge is 0.238 e. The van der Waals surface area contributed by atoms with Gasteiger partial charge in [-0.05, 0) is 30.0 Å². The first-order valence-corrected chi connectivity index (χ1v) is 10.3. The van der Waals surface area contributed by atoms with E-state index in [0.717, 1.165) is 11.3 Å². The molecule has 2 rings (SSSR count). The number of sulfone groups is 1. The molecule has 5 nitrogen and oxygen atoms in total. The molecule has 0 bridgehead atoms. The van der Waals surface area contributed by atoms with E-state index in [1.807, 2.05) is 36.1 Å². The Balaban J connectivity index is 2.05. The van der Waals surface area contributed by atoms with Crippen molar-refractivity contribution in [2.75, 3.05) is 29.9 Å². The monoisotopic (exact) mass is 352 g/mol. The summed E-state index contributed by atoms with van der Waals surface area (Å²) < 4.78 is 23.3. The van der Waals surface area contributed by atoms with Gasteiger partial charge in [-0.2, -0.15) is 0 Å². The van der Waals surface area contributed by atoms with Gasteiger partial charge in [0, 0.05) is 11.7 Å². The van der Waals surface area contributed by atoms with Crippen molar-refractivity contribution in [2.24, 2.45) is 0 Å². The Kier molecular flexibility index (Phi) is 5.71. The number of nitrogens with one attached hydrogen (secondary N) is 1. The van der Waals surface area contributed by atoms with E-state index in [9.17, 15) is 13.2 Å². The lowest BCUT2D eigenvalue weighted by molar-refractivity contribution is -0.117. The number of rotatable bonds is 5. The lowest BCUT2D eigenvalue weighted by Gasteiger charge is -2.27. The fourth-order valence-corrected chi connectivity index (χ4v) is 4.94. The van der Waals surface area contributed by atoms with Crippen LogP contribution in [0.3, 0.4) is 0 Å². The quantitative estimate of drug-likeness (QED) is 0.884. The number of benzene rings is 1. The number of para-hydroxylation sites is 1. The molecule has 1 amide bonds. The summed E-state index contributed by atoms with van der Waals surface area (Å²) in [5.74, 6) is 0.285. The minimum Gasteiger partial charge on any atom is -0.325 e. The van der Waals surface area contributed by atoms with Crippen molar-refractivity contribution >= 4 is 21.4 Å². The normalized spacial score (nSPS) is 20.3. The Morgan fingerprint density at radius 3 is 2.50 bits per heavy atom. The maximum absolute atomic E-state index is 12.5. The van der Waals surface area contributed by atoms with Crippen LogP contribution in [0.5, 0.6) is 0 Å². The fourth-order valence-electron chi connectivity index (χ4n) is 3.18. The summed E-state index contributed by atoms with van der Waals surface area (Å²) in [5.41, 5.74) is 1.85. The van der Waals surface area contributed by atoms with Crippen molar-refractivity contribution in [1.29, 1.82) is 0 Å². The first-order chi connectivity index (χ1) is 11.1. The molecule has 1 saturated heterocycles. The summed E-state index contributed by atoms with van der Waals surface area (Å²) in [4.78, 5) is 14.4. The van der Waals surface area contributed by atoms with Crippen LogP contribution in [0.2, 0.25) is 0 Å². The molecular formula is C18H28N2O3S. The number of hydrogen-bond acceptors (Lipinski definition) is 4. The number of nitrogens with zero attached hydrogens (tertiary/aromatic N) is 1. The molecule has 1 aromatic rings. The molecule has 1 fully saturated rings. The third-order valence-electron chi connectivity index (χ3n) is 4.49. The van der Waals surface area contributed by atoms with Crippen molar-refractivity contribution in [1.82, 2.24) is 4.90 Å². The minimum atomic E-state index is -2.94. The number of anilines is 1. The van der Waals surface area contributed by atoms with Crippen molar-refractivity contribution in [3.63, 3.8) is 0 Å². The molecular weight excluding hydrogens is 324 g/mol. The van der Waals surface area contributed by atoms with Crippen LogP contribution < -0.4 is 5.32 Å². The molecule has 0 aromatic heterocycles. The third kappa shape index (κ3) is 4.80. The molecule has 1 N–H and O–H groups in total. The van der Waals surface area contributed by atoms with Gasteiger partial charge in [0.15, 0.2) is 9.84 Å². The predicted molar refractivity (Wildman–Crippen MR) is 98.1 cm³/mol. The average molecular weight is 353 g/mol. The van der Waals surface area contributed by atoms with Gasteiger partial charge in [0.05, 0.1) is 18.1 Å². The highest BCUT2D eigenvalue weighted by molar-refractivity contribution is 7.91. The number of carbonyl (C=O) groups is 1. The van der Waals surface area contributed by atoms with E-state index in [-0.39, 0.29) is 35.4 Å². The summed E-state index contributed by atoms with van der Waals surface area (Å²) in [5, 5.41) is 3.00. The molecule has 0 saturated carbocycles. The first-order valence-electron chi connectivity index (χ1n) is 8.46. The van der Waals surface area contributed by atoms with Gasteiger partial charge in [0.25, 0.3) is 0 Å². The maximum Gasteiger partial charge on any atom is 0.238 e. The van der Waals surface area contributed by atoms with Crippen LogP contribution in [0.1, 0.15) is 39.7 Å². The molecule has 1 unspecified atom stereocenters. The third-order valence-corrected chi connectivity index (χ3v) is 6.24. The van der Waals surface area contributed by atoms with Crippen LogP contribution in [-0.2, 0) is 20.0 Å². The van der Waals surface area contributed by atoms with E-state index in [0.29, 0.717) is 13.0 Å². The van der Waals surface area contributed by atoms with Gasteiger partial charge in [-0.25, -0.2) is 8.42 Å². The topological polar surface area (TPSA) is 66.5 Å². The number of hydrogen-bond donors (Lipinski definition) is 1. The second kappa shape index (κ2) is 7.23. The molecule has 1 aromatic carbocycles. The minimum absolute atomic E-state index is 0.0522. The Morgan fingerprint density at radius 2 is 1.96 bits per heavy atom. The van der Waals surface area contributed by atoms with Gasteiger partial charge >= 0.3 is 0 Å². The number of likely N-dealkylation sites (N-methyl/N-ethyl adjacent to an activating group) is 1. The van der Waals surface area contributed by atoms with E-state index >= 15 is 0 Å². The van der Waals surface area contributed by atoms with E-state index in [2.05, 4.69) is 26.1 Å². The van der Waals surface area contributed by atoms with Crippen LogP contribution in [-0.4, -0.2) is 49.9 Å². The Bertz CT molecular complexity index is 692. The molecule has 0 spiro atoms. The Morgan fingerprint density at radius 1 is 1.29 bits per heavy atom. The lowest BCUT2D eigenvalue weighted by Crippen LogP contribution is -2.41. The zero-order valence-corrected chi connectivity index (χ0v) is 15.8. The van der Waals surface area contributed by atoms with E-state index in [1.54, 1.807) is 0 Å². The molecule has 1 atom stereocenters. The molecule has 1 heterocycles. The summed E-state index contributed by atoms with van der Waals surface area (Å²) >= 11 is 0. The number of amides is 1. The van der Waals surface area contributed by atoms with E-state index in [1.165, 1.54) is 0 Å². The van der Waals surface area contributed by atoms with E-state index < -0.39 is 9.84 Å². The van der Waals surface area contributed by atoms with Gasteiger partial charge in [0.2, 0.25) is 5.91 Å². The number of carbonyl (C=O) groups excluding carboxylic acids is 1. The highest BCUT2D eigenvalue weighted by Gasteiger charge is 2.32. The summed E-state index contributed by atoms with van der Waals surface area (Å²) in [6.07, 6.45) is 0.613. The zero-order valence-electron chi connectivity index (χ0n) is 15.0. The van der Waals surface area contributed by atoms with Gasteiger partial charge in [0.1, 0.15) is 0 Å². The molecule has 6 heteroatoms. The van der Waals surface area contributed by atoms with Crippen molar-refractivity contribution < 1.29 is 13.2 Å². The van der Waals surface area contributed by atoms with Crippen LogP contribution in [0.15, 0.2) is 24.3 Å². The molecule has 0 radical (unpaired) electrons. The van der Waals surface area contributed by atoms with Crippen LogP contribution in [0, 0.1) is 0 Å². The summed E-state index contributed by atoms with van der Waals surface area (Å²) in [7, 11) is -2.94. The highest BCUT2D eigenvalue weighted by atomic mass is 32.2. The Labute approximate surface area is 145 Å². The second-order valence-corrected chi connectivity index (χ2v) is 9.69. The molecule has 134 valence electrons. The van der Waals surface area contributed by atoms with Crippen molar-refractivity contribution in [3.05, 3.63) is 29.8 Å². The average Bonchev–Trinajstić information content (AvgIpc) is 2.84. The van der Waals surface area contributed by atoms with Crippen molar-refractivity contribution in [2.45, 2.75) is 45.6 Å². The molecule has 1 aliphatic heterocycles. The van der Waals surface area contributed by atoms with Crippen molar-refractivity contribution in [3.8, 4) is 0 Å². The first kappa shape index (κ1) is 18.9. The largest absolute Gasteiger partial charge is 0.325 e. The maximum atomic E-state index is 12.5. The van der Waals surface area contributed by atoms with Gasteiger partial charge in [-0.1, -0.05) is 45.9 Å². The summed E-state index contributed by atoms with van der Waals surface area (Å²) in [6.45, 7) is 9.17. The van der Waals surface area contributed by atoms with Gasteiger partial charge in [-0.15, -0.1) is 0 Å².